The third-order valence-electron chi connectivity index (χ3n) is 4.31. The highest BCUT2D eigenvalue weighted by Crippen LogP contribution is 2.36. The Morgan fingerprint density at radius 3 is 2.39 bits per heavy atom. The van der Waals surface area contributed by atoms with E-state index in [1.807, 2.05) is 0 Å². The van der Waals surface area contributed by atoms with Gasteiger partial charge in [0, 0.05) is 18.6 Å². The van der Waals surface area contributed by atoms with Crippen LogP contribution >= 0.6 is 0 Å². The molecule has 0 aromatic carbocycles. The van der Waals surface area contributed by atoms with Crippen LogP contribution in [0.15, 0.2) is 0 Å². The molecule has 18 heavy (non-hydrogen) atoms. The molecule has 0 radical (unpaired) electrons. The largest absolute Gasteiger partial charge is 0.481 e. The average Bonchev–Trinajstić information content (AvgIpc) is 3.12. The van der Waals surface area contributed by atoms with Gasteiger partial charge in [-0.05, 0) is 31.6 Å². The molecule has 0 aromatic heterocycles. The Morgan fingerprint density at radius 2 is 1.83 bits per heavy atom. The predicted octanol–water partition coefficient (Wildman–Crippen LogP) is 3.14. The molecule has 0 aromatic rings. The van der Waals surface area contributed by atoms with Crippen LogP contribution in [0, 0.1) is 11.8 Å². The average molecular weight is 253 g/mol. The molecular formula is C15H27NO2. The molecule has 2 aliphatic rings. The van der Waals surface area contributed by atoms with Gasteiger partial charge in [0.1, 0.15) is 0 Å². The second-order valence-corrected chi connectivity index (χ2v) is 6.47. The lowest BCUT2D eigenvalue weighted by Crippen LogP contribution is -2.46. The summed E-state index contributed by atoms with van der Waals surface area (Å²) in [5.41, 5.74) is 0. The number of aliphatic carboxylic acids is 1. The summed E-state index contributed by atoms with van der Waals surface area (Å²) >= 11 is 0. The van der Waals surface area contributed by atoms with Gasteiger partial charge >= 0.3 is 5.97 Å². The van der Waals surface area contributed by atoms with Crippen molar-refractivity contribution in [2.45, 2.75) is 70.9 Å². The zero-order valence-electron chi connectivity index (χ0n) is 11.8. The molecule has 3 heteroatoms. The van der Waals surface area contributed by atoms with Crippen LogP contribution in [0.1, 0.15) is 58.8 Å². The zero-order chi connectivity index (χ0) is 13.1. The van der Waals surface area contributed by atoms with Crippen LogP contribution in [-0.4, -0.2) is 34.6 Å². The first-order valence-electron chi connectivity index (χ1n) is 7.58. The van der Waals surface area contributed by atoms with E-state index in [1.165, 1.54) is 25.7 Å². The summed E-state index contributed by atoms with van der Waals surface area (Å²) in [5.74, 6) is -0.0774. The molecule has 2 atom stereocenters. The van der Waals surface area contributed by atoms with Crippen molar-refractivity contribution in [3.05, 3.63) is 0 Å². The second kappa shape index (κ2) is 6.05. The Balaban J connectivity index is 2.10. The van der Waals surface area contributed by atoms with E-state index in [9.17, 15) is 9.90 Å². The van der Waals surface area contributed by atoms with Crippen LogP contribution in [0.5, 0.6) is 0 Å². The van der Waals surface area contributed by atoms with Gasteiger partial charge in [-0.3, -0.25) is 9.69 Å². The Labute approximate surface area is 111 Å². The minimum absolute atomic E-state index is 0.133. The SMILES string of the molecule is CC(C)CN(C1CC1)C1CCCCCC1C(=O)O. The summed E-state index contributed by atoms with van der Waals surface area (Å²) in [6.07, 6.45) is 8.01. The Morgan fingerprint density at radius 1 is 1.17 bits per heavy atom. The van der Waals surface area contributed by atoms with Gasteiger partial charge in [0.25, 0.3) is 0 Å². The number of rotatable bonds is 5. The molecule has 0 amide bonds. The Hall–Kier alpha value is -0.570. The lowest BCUT2D eigenvalue weighted by Gasteiger charge is -2.36. The molecule has 2 rings (SSSR count). The molecule has 2 fully saturated rings. The molecule has 2 saturated carbocycles. The van der Waals surface area contributed by atoms with Crippen LogP contribution in [0.4, 0.5) is 0 Å². The van der Waals surface area contributed by atoms with Crippen molar-refractivity contribution in [1.82, 2.24) is 4.90 Å². The Bertz CT molecular complexity index is 286. The molecule has 2 aliphatic carbocycles. The van der Waals surface area contributed by atoms with Crippen molar-refractivity contribution < 1.29 is 9.90 Å². The van der Waals surface area contributed by atoms with Crippen LogP contribution in [0.3, 0.4) is 0 Å². The third kappa shape index (κ3) is 3.47. The van der Waals surface area contributed by atoms with Gasteiger partial charge in [-0.2, -0.15) is 0 Å². The number of hydrogen-bond acceptors (Lipinski definition) is 2. The summed E-state index contributed by atoms with van der Waals surface area (Å²) in [4.78, 5) is 14.1. The monoisotopic (exact) mass is 253 g/mol. The van der Waals surface area contributed by atoms with Crippen molar-refractivity contribution in [2.24, 2.45) is 11.8 Å². The van der Waals surface area contributed by atoms with Crippen LogP contribution < -0.4 is 0 Å². The highest BCUT2D eigenvalue weighted by atomic mass is 16.4. The minimum Gasteiger partial charge on any atom is -0.481 e. The topological polar surface area (TPSA) is 40.5 Å². The number of hydrogen-bond donors (Lipinski definition) is 1. The summed E-state index contributed by atoms with van der Waals surface area (Å²) in [6, 6.07) is 0.970. The van der Waals surface area contributed by atoms with Crippen LogP contribution in [0.2, 0.25) is 0 Å². The maximum absolute atomic E-state index is 11.5. The molecule has 3 nitrogen and oxygen atoms in total. The van der Waals surface area contributed by atoms with Gasteiger partial charge in [-0.15, -0.1) is 0 Å². The van der Waals surface area contributed by atoms with Crippen molar-refractivity contribution in [3.8, 4) is 0 Å². The second-order valence-electron chi connectivity index (χ2n) is 6.47. The van der Waals surface area contributed by atoms with Gasteiger partial charge in [0.2, 0.25) is 0 Å². The maximum atomic E-state index is 11.5. The fourth-order valence-corrected chi connectivity index (χ4v) is 3.36. The maximum Gasteiger partial charge on any atom is 0.308 e. The molecule has 2 unspecified atom stereocenters. The molecule has 0 spiro atoms. The van der Waals surface area contributed by atoms with Gasteiger partial charge in [-0.25, -0.2) is 0 Å². The van der Waals surface area contributed by atoms with E-state index < -0.39 is 5.97 Å². The van der Waals surface area contributed by atoms with E-state index in [2.05, 4.69) is 18.7 Å². The lowest BCUT2D eigenvalue weighted by atomic mass is 9.92. The lowest BCUT2D eigenvalue weighted by molar-refractivity contribution is -0.144. The normalized spacial score (nSPS) is 29.6. The fourth-order valence-electron chi connectivity index (χ4n) is 3.36. The molecule has 1 N–H and O–H groups in total. The van der Waals surface area contributed by atoms with Gasteiger partial charge in [-0.1, -0.05) is 33.1 Å². The van der Waals surface area contributed by atoms with E-state index >= 15 is 0 Å². The van der Waals surface area contributed by atoms with E-state index in [4.69, 9.17) is 0 Å². The zero-order valence-corrected chi connectivity index (χ0v) is 11.8. The molecule has 0 aliphatic heterocycles. The number of carboxylic acids is 1. The molecule has 0 bridgehead atoms. The van der Waals surface area contributed by atoms with Crippen molar-refractivity contribution >= 4 is 5.97 Å². The van der Waals surface area contributed by atoms with Gasteiger partial charge in [0.15, 0.2) is 0 Å². The van der Waals surface area contributed by atoms with Crippen molar-refractivity contribution in [2.75, 3.05) is 6.54 Å². The van der Waals surface area contributed by atoms with Gasteiger partial charge in [0.05, 0.1) is 5.92 Å². The van der Waals surface area contributed by atoms with Crippen molar-refractivity contribution in [1.29, 1.82) is 0 Å². The molecule has 0 heterocycles. The fraction of sp³-hybridized carbons (Fsp3) is 0.933. The highest BCUT2D eigenvalue weighted by molar-refractivity contribution is 5.71. The highest BCUT2D eigenvalue weighted by Gasteiger charge is 2.40. The van der Waals surface area contributed by atoms with E-state index in [0.29, 0.717) is 18.0 Å². The van der Waals surface area contributed by atoms with Gasteiger partial charge < -0.3 is 5.11 Å². The first kappa shape index (κ1) is 13.9. The number of carboxylic acid groups (broad SMARTS) is 1. The van der Waals surface area contributed by atoms with Crippen LogP contribution in [-0.2, 0) is 4.79 Å². The van der Waals surface area contributed by atoms with E-state index in [1.54, 1.807) is 0 Å². The summed E-state index contributed by atoms with van der Waals surface area (Å²) in [5, 5.41) is 9.49. The van der Waals surface area contributed by atoms with E-state index in [0.717, 1.165) is 25.8 Å². The quantitative estimate of drug-likeness (QED) is 0.765. The van der Waals surface area contributed by atoms with Crippen LogP contribution in [0.25, 0.3) is 0 Å². The molecule has 0 saturated heterocycles. The Kier molecular flexibility index (Phi) is 4.66. The smallest absolute Gasteiger partial charge is 0.308 e. The van der Waals surface area contributed by atoms with E-state index in [-0.39, 0.29) is 5.92 Å². The summed E-state index contributed by atoms with van der Waals surface area (Å²) < 4.78 is 0. The van der Waals surface area contributed by atoms with Crippen molar-refractivity contribution in [3.63, 3.8) is 0 Å². The predicted molar refractivity (Wildman–Crippen MR) is 72.6 cm³/mol. The standard InChI is InChI=1S/C15H27NO2/c1-11(2)10-16(12-8-9-12)14-7-5-3-4-6-13(14)15(17)18/h11-14H,3-10H2,1-2H3,(H,17,18). The summed E-state index contributed by atoms with van der Waals surface area (Å²) in [6.45, 7) is 5.54. The number of carbonyl (C=O) groups is 1. The minimum atomic E-state index is -0.573. The summed E-state index contributed by atoms with van der Waals surface area (Å²) in [7, 11) is 0. The molecule has 104 valence electrons. The number of nitrogens with zero attached hydrogens (tertiary/aromatic N) is 1. The third-order valence-corrected chi connectivity index (χ3v) is 4.31. The molecular weight excluding hydrogens is 226 g/mol. The first-order chi connectivity index (χ1) is 8.59. The first-order valence-corrected chi connectivity index (χ1v) is 7.58.